The van der Waals surface area contributed by atoms with Crippen LogP contribution in [0.15, 0.2) is 42.5 Å². The second kappa shape index (κ2) is 7.26. The number of para-hydroxylation sites is 1. The van der Waals surface area contributed by atoms with Crippen LogP contribution in [0.25, 0.3) is 11.3 Å². The summed E-state index contributed by atoms with van der Waals surface area (Å²) in [6.07, 6.45) is 5.87. The van der Waals surface area contributed by atoms with E-state index in [2.05, 4.69) is 35.7 Å². The molecule has 2 heterocycles. The highest BCUT2D eigenvalue weighted by molar-refractivity contribution is 5.96. The number of hydrogen-bond donors (Lipinski definition) is 2. The molecule has 28 heavy (non-hydrogen) atoms. The maximum atomic E-state index is 12.5. The van der Waals surface area contributed by atoms with E-state index in [9.17, 15) is 9.59 Å². The Labute approximate surface area is 165 Å². The number of nitrogens with one attached hydrogen (secondary N) is 2. The number of aromatic nitrogens is 2. The smallest absolute Gasteiger partial charge is 0.230 e. The van der Waals surface area contributed by atoms with E-state index < -0.39 is 0 Å². The van der Waals surface area contributed by atoms with Crippen LogP contribution in [0.3, 0.4) is 0 Å². The fourth-order valence-electron chi connectivity index (χ4n) is 4.01. The number of amides is 2. The molecular formula is C22H26N4O2. The predicted octanol–water partition coefficient (Wildman–Crippen LogP) is 3.54. The molecule has 1 aliphatic carbocycles. The molecule has 2 N–H and O–H groups in total. The number of carbonyl (C=O) groups excluding carboxylic acids is 2. The Morgan fingerprint density at radius 2 is 2.07 bits per heavy atom. The van der Waals surface area contributed by atoms with Crippen LogP contribution in [0.2, 0.25) is 0 Å². The molecule has 2 aromatic rings. The van der Waals surface area contributed by atoms with Gasteiger partial charge in [0.25, 0.3) is 0 Å². The summed E-state index contributed by atoms with van der Waals surface area (Å²) in [5.41, 5.74) is 3.37. The molecule has 0 bridgehead atoms. The van der Waals surface area contributed by atoms with Gasteiger partial charge in [-0.15, -0.1) is 5.10 Å². The van der Waals surface area contributed by atoms with Gasteiger partial charge in [0.1, 0.15) is 0 Å². The van der Waals surface area contributed by atoms with Crippen LogP contribution < -0.4 is 10.6 Å². The minimum absolute atomic E-state index is 0.0785. The normalized spacial score (nSPS) is 21.1. The molecule has 2 amide bonds. The van der Waals surface area contributed by atoms with Crippen molar-refractivity contribution in [3.05, 3.63) is 48.2 Å². The van der Waals surface area contributed by atoms with Crippen molar-refractivity contribution < 1.29 is 9.59 Å². The van der Waals surface area contributed by atoms with Gasteiger partial charge < -0.3 is 10.6 Å². The Bertz CT molecular complexity index is 927. The lowest BCUT2D eigenvalue weighted by Crippen LogP contribution is -2.24. The number of anilines is 1. The molecule has 0 unspecified atom stereocenters. The van der Waals surface area contributed by atoms with Gasteiger partial charge in [0, 0.05) is 19.0 Å². The molecule has 6 heteroatoms. The zero-order valence-electron chi connectivity index (χ0n) is 16.4. The Morgan fingerprint density at radius 1 is 1.29 bits per heavy atom. The third kappa shape index (κ3) is 3.86. The standard InChI is InChI=1S/C22H26N4O2/c1-22(2)10-6-7-15(13-22)18-12-19(24-21(28)16-11-20(27)23-14-16)25-26(18)17-8-4-3-5-9-17/h3-5,8-9,12-13,16H,6-7,10-11,14H2,1-2H3,(H,23,27)(H,24,25,28)/t16-/m1/s1. The van der Waals surface area contributed by atoms with Gasteiger partial charge in [-0.2, -0.15) is 0 Å². The lowest BCUT2D eigenvalue weighted by molar-refractivity contribution is -0.123. The number of nitrogens with zero attached hydrogens (tertiary/aromatic N) is 2. The van der Waals surface area contributed by atoms with E-state index in [1.807, 2.05) is 41.1 Å². The molecule has 0 radical (unpaired) electrons. The van der Waals surface area contributed by atoms with Crippen molar-refractivity contribution in [2.24, 2.45) is 11.3 Å². The highest BCUT2D eigenvalue weighted by atomic mass is 16.2. The van der Waals surface area contributed by atoms with Crippen LogP contribution in [-0.2, 0) is 9.59 Å². The average Bonchev–Trinajstić information content (AvgIpc) is 3.28. The van der Waals surface area contributed by atoms with Crippen molar-refractivity contribution >= 4 is 23.2 Å². The van der Waals surface area contributed by atoms with Gasteiger partial charge in [-0.05, 0) is 42.4 Å². The van der Waals surface area contributed by atoms with Crippen LogP contribution >= 0.6 is 0 Å². The van der Waals surface area contributed by atoms with Crippen LogP contribution in [0, 0.1) is 11.3 Å². The average molecular weight is 378 g/mol. The monoisotopic (exact) mass is 378 g/mol. The van der Waals surface area contributed by atoms with E-state index in [0.29, 0.717) is 12.4 Å². The fraction of sp³-hybridized carbons (Fsp3) is 0.409. The van der Waals surface area contributed by atoms with Gasteiger partial charge in [-0.3, -0.25) is 9.59 Å². The van der Waals surface area contributed by atoms with Gasteiger partial charge >= 0.3 is 0 Å². The summed E-state index contributed by atoms with van der Waals surface area (Å²) in [7, 11) is 0. The Hall–Kier alpha value is -2.89. The zero-order chi connectivity index (χ0) is 19.7. The van der Waals surface area contributed by atoms with Crippen LogP contribution in [0.1, 0.15) is 45.2 Å². The van der Waals surface area contributed by atoms with E-state index in [0.717, 1.165) is 24.2 Å². The van der Waals surface area contributed by atoms with Crippen LogP contribution in [0.5, 0.6) is 0 Å². The third-order valence-corrected chi connectivity index (χ3v) is 5.47. The first-order valence-corrected chi connectivity index (χ1v) is 9.86. The van der Waals surface area contributed by atoms with Crippen molar-refractivity contribution in [1.29, 1.82) is 0 Å². The lowest BCUT2D eigenvalue weighted by Gasteiger charge is -2.27. The van der Waals surface area contributed by atoms with E-state index in [1.54, 1.807) is 0 Å². The van der Waals surface area contributed by atoms with Crippen molar-refractivity contribution in [3.8, 4) is 5.69 Å². The Morgan fingerprint density at radius 3 is 2.75 bits per heavy atom. The van der Waals surface area contributed by atoms with E-state index in [-0.39, 0.29) is 29.6 Å². The first-order chi connectivity index (χ1) is 13.4. The maximum absolute atomic E-state index is 12.5. The summed E-state index contributed by atoms with van der Waals surface area (Å²) in [4.78, 5) is 23.9. The number of allylic oxidation sites excluding steroid dienone is 2. The number of rotatable bonds is 4. The van der Waals surface area contributed by atoms with Crippen molar-refractivity contribution in [1.82, 2.24) is 15.1 Å². The number of hydrogen-bond acceptors (Lipinski definition) is 3. The van der Waals surface area contributed by atoms with E-state index in [4.69, 9.17) is 0 Å². The first kappa shape index (κ1) is 18.5. The molecule has 1 aromatic heterocycles. The minimum atomic E-state index is -0.342. The summed E-state index contributed by atoms with van der Waals surface area (Å²) in [6, 6.07) is 11.9. The van der Waals surface area contributed by atoms with Crippen LogP contribution in [0.4, 0.5) is 5.82 Å². The van der Waals surface area contributed by atoms with Crippen molar-refractivity contribution in [2.45, 2.75) is 39.5 Å². The fourth-order valence-corrected chi connectivity index (χ4v) is 4.01. The molecule has 146 valence electrons. The maximum Gasteiger partial charge on any atom is 0.230 e. The molecule has 1 aliphatic heterocycles. The predicted molar refractivity (Wildman–Crippen MR) is 109 cm³/mol. The molecule has 1 aromatic carbocycles. The minimum Gasteiger partial charge on any atom is -0.355 e. The summed E-state index contributed by atoms with van der Waals surface area (Å²) in [5, 5.41) is 10.3. The third-order valence-electron chi connectivity index (χ3n) is 5.47. The summed E-state index contributed by atoms with van der Waals surface area (Å²) < 4.78 is 1.90. The highest BCUT2D eigenvalue weighted by Crippen LogP contribution is 2.38. The summed E-state index contributed by atoms with van der Waals surface area (Å²) >= 11 is 0. The topological polar surface area (TPSA) is 76.0 Å². The van der Waals surface area contributed by atoms with Gasteiger partial charge in [0.15, 0.2) is 5.82 Å². The first-order valence-electron chi connectivity index (χ1n) is 9.86. The molecule has 4 rings (SSSR count). The molecular weight excluding hydrogens is 352 g/mol. The van der Waals surface area contributed by atoms with Crippen molar-refractivity contribution in [2.75, 3.05) is 11.9 Å². The second-order valence-electron chi connectivity index (χ2n) is 8.37. The number of benzene rings is 1. The second-order valence-corrected chi connectivity index (χ2v) is 8.37. The molecule has 1 atom stereocenters. The zero-order valence-corrected chi connectivity index (χ0v) is 16.4. The SMILES string of the molecule is CC1(C)C=C(c2cc(NC(=O)[C@H]3CNC(=O)C3)nn2-c2ccccc2)CCC1. The van der Waals surface area contributed by atoms with Gasteiger partial charge in [-0.25, -0.2) is 4.68 Å². The molecule has 0 saturated carbocycles. The number of carbonyl (C=O) groups is 2. The van der Waals surface area contributed by atoms with E-state index in [1.165, 1.54) is 12.0 Å². The Balaban J connectivity index is 1.68. The summed E-state index contributed by atoms with van der Waals surface area (Å²) in [6.45, 7) is 4.89. The molecule has 1 fully saturated rings. The molecule has 0 spiro atoms. The molecule has 1 saturated heterocycles. The summed E-state index contributed by atoms with van der Waals surface area (Å²) in [5.74, 6) is -0.0658. The quantitative estimate of drug-likeness (QED) is 0.854. The van der Waals surface area contributed by atoms with Crippen LogP contribution in [-0.4, -0.2) is 28.1 Å². The van der Waals surface area contributed by atoms with Gasteiger partial charge in [-0.1, -0.05) is 38.1 Å². The Kier molecular flexibility index (Phi) is 4.79. The molecule has 6 nitrogen and oxygen atoms in total. The largest absolute Gasteiger partial charge is 0.355 e. The van der Waals surface area contributed by atoms with Gasteiger partial charge in [0.05, 0.1) is 17.3 Å². The molecule has 2 aliphatic rings. The lowest BCUT2D eigenvalue weighted by atomic mass is 9.79. The van der Waals surface area contributed by atoms with Crippen molar-refractivity contribution in [3.63, 3.8) is 0 Å². The van der Waals surface area contributed by atoms with Gasteiger partial charge in [0.2, 0.25) is 11.8 Å². The van der Waals surface area contributed by atoms with E-state index >= 15 is 0 Å². The highest BCUT2D eigenvalue weighted by Gasteiger charge is 2.29.